The maximum Gasteiger partial charge on any atom is 0.415 e. The molecule has 23 heavy (non-hydrogen) atoms. The first kappa shape index (κ1) is 17.1. The summed E-state index contributed by atoms with van der Waals surface area (Å²) in [5.41, 5.74) is 2.35. The van der Waals surface area contributed by atoms with Gasteiger partial charge in [0.1, 0.15) is 5.75 Å². The van der Waals surface area contributed by atoms with Gasteiger partial charge in [-0.2, -0.15) is 0 Å². The number of carbonyl (C=O) groups excluding carboxylic acids is 1. The van der Waals surface area contributed by atoms with Gasteiger partial charge in [-0.3, -0.25) is 0 Å². The number of amides is 1. The zero-order valence-corrected chi connectivity index (χ0v) is 14.4. The monoisotopic (exact) mass is 311 g/mol. The molecule has 3 nitrogen and oxygen atoms in total. The normalized spacial score (nSPS) is 11.1. The Kier molecular flexibility index (Phi) is 5.43. The van der Waals surface area contributed by atoms with Gasteiger partial charge in [0.05, 0.1) is 0 Å². The molecule has 0 saturated carbocycles. The largest absolute Gasteiger partial charge is 0.415 e. The van der Waals surface area contributed by atoms with Crippen molar-refractivity contribution in [3.05, 3.63) is 65.7 Å². The molecule has 0 aliphatic carbocycles. The summed E-state index contributed by atoms with van der Waals surface area (Å²) in [5.74, 6) is 0.578. The van der Waals surface area contributed by atoms with E-state index in [1.807, 2.05) is 44.2 Å². The molecule has 0 aliphatic rings. The highest BCUT2D eigenvalue weighted by Gasteiger charge is 2.23. The van der Waals surface area contributed by atoms with Crippen molar-refractivity contribution in [3.8, 4) is 5.75 Å². The van der Waals surface area contributed by atoms with E-state index < -0.39 is 0 Å². The molecule has 0 fully saturated rings. The van der Waals surface area contributed by atoms with Crippen molar-refractivity contribution < 1.29 is 9.53 Å². The fourth-order valence-electron chi connectivity index (χ4n) is 2.61. The van der Waals surface area contributed by atoms with E-state index in [9.17, 15) is 4.79 Å². The number of benzene rings is 2. The molecule has 2 rings (SSSR count). The minimum atomic E-state index is -0.301. The first-order valence-corrected chi connectivity index (χ1v) is 8.11. The molecule has 0 radical (unpaired) electrons. The molecule has 3 heteroatoms. The Balaban J connectivity index is 2.15. The third-order valence-electron chi connectivity index (χ3n) is 4.30. The van der Waals surface area contributed by atoms with E-state index in [1.165, 1.54) is 11.1 Å². The number of rotatable bonds is 5. The van der Waals surface area contributed by atoms with E-state index in [0.29, 0.717) is 18.8 Å². The highest BCUT2D eigenvalue weighted by Crippen LogP contribution is 2.32. The standard InChI is InChI=1S/C20H25NO2/c1-5-21(6-2)19(22)23-18-14-12-17(13-15-18)20(3,4)16-10-8-7-9-11-16/h7-15H,5-6H2,1-4H3. The molecule has 0 aliphatic heterocycles. The first-order chi connectivity index (χ1) is 11.0. The third-order valence-corrected chi connectivity index (χ3v) is 4.30. The average molecular weight is 311 g/mol. The Morgan fingerprint density at radius 1 is 0.913 bits per heavy atom. The van der Waals surface area contributed by atoms with Gasteiger partial charge in [-0.1, -0.05) is 56.3 Å². The fourth-order valence-corrected chi connectivity index (χ4v) is 2.61. The summed E-state index contributed by atoms with van der Waals surface area (Å²) in [6.45, 7) is 9.56. The molecule has 122 valence electrons. The molecule has 0 unspecified atom stereocenters. The Morgan fingerprint density at radius 2 is 1.43 bits per heavy atom. The van der Waals surface area contributed by atoms with Crippen molar-refractivity contribution in [2.24, 2.45) is 0 Å². The highest BCUT2D eigenvalue weighted by molar-refractivity contribution is 5.70. The molecule has 0 saturated heterocycles. The average Bonchev–Trinajstić information content (AvgIpc) is 2.57. The second-order valence-corrected chi connectivity index (χ2v) is 6.06. The molecule has 0 atom stereocenters. The zero-order chi connectivity index (χ0) is 16.9. The SMILES string of the molecule is CCN(CC)C(=O)Oc1ccc(C(C)(C)c2ccccc2)cc1. The van der Waals surface area contributed by atoms with Crippen LogP contribution in [0.15, 0.2) is 54.6 Å². The molecule has 0 N–H and O–H groups in total. The van der Waals surface area contributed by atoms with Crippen LogP contribution in [0.4, 0.5) is 4.79 Å². The number of ether oxygens (including phenoxy) is 1. The summed E-state index contributed by atoms with van der Waals surface area (Å²) in [7, 11) is 0. The van der Waals surface area contributed by atoms with Crippen molar-refractivity contribution >= 4 is 6.09 Å². The van der Waals surface area contributed by atoms with Crippen LogP contribution in [0.2, 0.25) is 0 Å². The Bertz CT molecular complexity index is 628. The van der Waals surface area contributed by atoms with Gasteiger partial charge in [-0.05, 0) is 37.1 Å². The van der Waals surface area contributed by atoms with Crippen LogP contribution in [-0.4, -0.2) is 24.1 Å². The summed E-state index contributed by atoms with van der Waals surface area (Å²) >= 11 is 0. The predicted octanol–water partition coefficient (Wildman–Crippen LogP) is 4.85. The lowest BCUT2D eigenvalue weighted by atomic mass is 9.78. The predicted molar refractivity (Wildman–Crippen MR) is 94.0 cm³/mol. The summed E-state index contributed by atoms with van der Waals surface area (Å²) in [6.07, 6.45) is -0.301. The van der Waals surface area contributed by atoms with Crippen LogP contribution in [0.1, 0.15) is 38.8 Å². The van der Waals surface area contributed by atoms with Gasteiger partial charge in [0, 0.05) is 18.5 Å². The molecule has 0 spiro atoms. The minimum Gasteiger partial charge on any atom is -0.410 e. The van der Waals surface area contributed by atoms with Crippen LogP contribution in [0.3, 0.4) is 0 Å². The van der Waals surface area contributed by atoms with Crippen molar-refractivity contribution in [2.45, 2.75) is 33.1 Å². The van der Waals surface area contributed by atoms with E-state index in [1.54, 1.807) is 4.90 Å². The zero-order valence-electron chi connectivity index (χ0n) is 14.4. The van der Waals surface area contributed by atoms with Gasteiger partial charge in [-0.15, -0.1) is 0 Å². The van der Waals surface area contributed by atoms with Crippen LogP contribution < -0.4 is 4.74 Å². The van der Waals surface area contributed by atoms with Gasteiger partial charge in [0.2, 0.25) is 0 Å². The third kappa shape index (κ3) is 3.92. The molecular weight excluding hydrogens is 286 g/mol. The minimum absolute atomic E-state index is 0.0946. The lowest BCUT2D eigenvalue weighted by Crippen LogP contribution is -2.33. The Hall–Kier alpha value is -2.29. The van der Waals surface area contributed by atoms with Crippen molar-refractivity contribution in [3.63, 3.8) is 0 Å². The smallest absolute Gasteiger partial charge is 0.410 e. The van der Waals surface area contributed by atoms with E-state index in [2.05, 4.69) is 38.1 Å². The lowest BCUT2D eigenvalue weighted by Gasteiger charge is -2.26. The molecule has 2 aromatic carbocycles. The van der Waals surface area contributed by atoms with Crippen molar-refractivity contribution in [1.82, 2.24) is 4.90 Å². The summed E-state index contributed by atoms with van der Waals surface area (Å²) in [4.78, 5) is 13.6. The molecule has 1 amide bonds. The number of carbonyl (C=O) groups is 1. The summed E-state index contributed by atoms with van der Waals surface area (Å²) in [5, 5.41) is 0. The van der Waals surface area contributed by atoms with Gasteiger partial charge in [-0.25, -0.2) is 4.79 Å². The number of nitrogens with zero attached hydrogens (tertiary/aromatic N) is 1. The molecule has 0 aromatic heterocycles. The van der Waals surface area contributed by atoms with E-state index in [0.717, 1.165) is 0 Å². The van der Waals surface area contributed by atoms with E-state index >= 15 is 0 Å². The van der Waals surface area contributed by atoms with Gasteiger partial charge >= 0.3 is 6.09 Å². The van der Waals surface area contributed by atoms with Crippen molar-refractivity contribution in [2.75, 3.05) is 13.1 Å². The maximum absolute atomic E-state index is 12.0. The van der Waals surface area contributed by atoms with Crippen molar-refractivity contribution in [1.29, 1.82) is 0 Å². The summed E-state index contributed by atoms with van der Waals surface area (Å²) in [6, 6.07) is 18.2. The molecule has 0 heterocycles. The van der Waals surface area contributed by atoms with Crippen LogP contribution in [0.25, 0.3) is 0 Å². The molecule has 0 bridgehead atoms. The number of hydrogen-bond donors (Lipinski definition) is 0. The number of hydrogen-bond acceptors (Lipinski definition) is 2. The highest BCUT2D eigenvalue weighted by atomic mass is 16.6. The van der Waals surface area contributed by atoms with E-state index in [-0.39, 0.29) is 11.5 Å². The fraction of sp³-hybridized carbons (Fsp3) is 0.350. The van der Waals surface area contributed by atoms with Gasteiger partial charge in [0.25, 0.3) is 0 Å². The summed E-state index contributed by atoms with van der Waals surface area (Å²) < 4.78 is 5.42. The maximum atomic E-state index is 12.0. The van der Waals surface area contributed by atoms with Crippen LogP contribution in [-0.2, 0) is 5.41 Å². The lowest BCUT2D eigenvalue weighted by molar-refractivity contribution is 0.157. The van der Waals surface area contributed by atoms with Crippen LogP contribution in [0, 0.1) is 0 Å². The van der Waals surface area contributed by atoms with Gasteiger partial charge < -0.3 is 9.64 Å². The molecular formula is C20H25NO2. The van der Waals surface area contributed by atoms with Crippen LogP contribution in [0.5, 0.6) is 5.75 Å². The topological polar surface area (TPSA) is 29.5 Å². The van der Waals surface area contributed by atoms with Gasteiger partial charge in [0.15, 0.2) is 0 Å². The van der Waals surface area contributed by atoms with E-state index in [4.69, 9.17) is 4.74 Å². The quantitative estimate of drug-likeness (QED) is 0.789. The Morgan fingerprint density at radius 3 is 1.96 bits per heavy atom. The Labute approximate surface area is 138 Å². The second-order valence-electron chi connectivity index (χ2n) is 6.06. The second kappa shape index (κ2) is 7.32. The van der Waals surface area contributed by atoms with Crippen LogP contribution >= 0.6 is 0 Å². The first-order valence-electron chi connectivity index (χ1n) is 8.11. The molecule has 2 aromatic rings.